The molecule has 1 fully saturated rings. The van der Waals surface area contributed by atoms with Crippen LogP contribution >= 0.6 is 11.8 Å². The number of carbonyl (C=O) groups is 3. The second-order valence-electron chi connectivity index (χ2n) is 6.23. The van der Waals surface area contributed by atoms with Crippen LogP contribution in [-0.4, -0.2) is 61.8 Å². The van der Waals surface area contributed by atoms with Crippen molar-refractivity contribution in [2.24, 2.45) is 0 Å². The topological polar surface area (TPSA) is 79.0 Å². The highest BCUT2D eigenvalue weighted by Crippen LogP contribution is 2.32. The zero-order valence-electron chi connectivity index (χ0n) is 16.6. The van der Waals surface area contributed by atoms with Crippen molar-refractivity contribution in [2.75, 3.05) is 44.8 Å². The Kier molecular flexibility index (Phi) is 8.53. The van der Waals surface area contributed by atoms with Crippen LogP contribution in [-0.2, 0) is 14.3 Å². The Morgan fingerprint density at radius 2 is 1.89 bits per heavy atom. The summed E-state index contributed by atoms with van der Waals surface area (Å²) in [7, 11) is 1.59. The van der Waals surface area contributed by atoms with Crippen molar-refractivity contribution in [3.8, 4) is 0 Å². The number of imide groups is 1. The highest BCUT2D eigenvalue weighted by atomic mass is 32.2. The Bertz CT molecular complexity index is 729. The number of hydrogen-bond acceptors (Lipinski definition) is 6. The molecule has 3 amide bonds. The molecule has 1 aromatic carbocycles. The number of anilines is 1. The fourth-order valence-electron chi connectivity index (χ4n) is 2.80. The molecule has 0 aliphatic carbocycles. The maximum atomic E-state index is 12.5. The van der Waals surface area contributed by atoms with E-state index in [0.29, 0.717) is 24.5 Å². The Hall–Kier alpha value is -2.32. The average molecular weight is 406 g/mol. The molecule has 1 aromatic rings. The molecule has 0 bridgehead atoms. The van der Waals surface area contributed by atoms with Crippen molar-refractivity contribution < 1.29 is 19.1 Å². The summed E-state index contributed by atoms with van der Waals surface area (Å²) in [6.07, 6.45) is 2.36. The van der Waals surface area contributed by atoms with Gasteiger partial charge < -0.3 is 15.0 Å². The van der Waals surface area contributed by atoms with Crippen LogP contribution in [0.3, 0.4) is 0 Å². The summed E-state index contributed by atoms with van der Waals surface area (Å²) in [6.45, 7) is 6.75. The van der Waals surface area contributed by atoms with E-state index in [4.69, 9.17) is 4.74 Å². The molecule has 0 spiro atoms. The fraction of sp³-hybridized carbons (Fsp3) is 0.450. The van der Waals surface area contributed by atoms with Gasteiger partial charge in [-0.25, -0.2) is 0 Å². The van der Waals surface area contributed by atoms with Crippen LogP contribution in [0.1, 0.15) is 25.8 Å². The Balaban J connectivity index is 1.99. The number of carbonyl (C=O) groups excluding carboxylic acids is 3. The van der Waals surface area contributed by atoms with Gasteiger partial charge in [0, 0.05) is 39.0 Å². The van der Waals surface area contributed by atoms with E-state index in [2.05, 4.69) is 24.1 Å². The van der Waals surface area contributed by atoms with Gasteiger partial charge in [-0.2, -0.15) is 0 Å². The molecule has 152 valence electrons. The highest BCUT2D eigenvalue weighted by Gasteiger charge is 2.36. The van der Waals surface area contributed by atoms with Gasteiger partial charge in [0.25, 0.3) is 11.1 Å². The number of thioether (sulfide) groups is 1. The lowest BCUT2D eigenvalue weighted by Gasteiger charge is -2.20. The third kappa shape index (κ3) is 5.84. The van der Waals surface area contributed by atoms with Gasteiger partial charge in [-0.1, -0.05) is 12.1 Å². The maximum Gasteiger partial charge on any atom is 0.294 e. The lowest BCUT2D eigenvalue weighted by molar-refractivity contribution is -0.129. The number of benzene rings is 1. The molecule has 1 aliphatic heterocycles. The first-order chi connectivity index (χ1) is 13.5. The summed E-state index contributed by atoms with van der Waals surface area (Å²) in [4.78, 5) is 40.1. The van der Waals surface area contributed by atoms with Gasteiger partial charge in [0.15, 0.2) is 0 Å². The van der Waals surface area contributed by atoms with E-state index >= 15 is 0 Å². The molecule has 0 aromatic heterocycles. The normalized spacial score (nSPS) is 15.4. The average Bonchev–Trinajstić information content (AvgIpc) is 2.95. The van der Waals surface area contributed by atoms with Crippen molar-refractivity contribution in [3.05, 3.63) is 34.7 Å². The number of hydrogen-bond donors (Lipinski definition) is 1. The van der Waals surface area contributed by atoms with Crippen LogP contribution in [0.15, 0.2) is 29.2 Å². The monoisotopic (exact) mass is 405 g/mol. The van der Waals surface area contributed by atoms with Gasteiger partial charge in [0.2, 0.25) is 5.91 Å². The van der Waals surface area contributed by atoms with E-state index in [1.54, 1.807) is 13.2 Å². The highest BCUT2D eigenvalue weighted by molar-refractivity contribution is 8.18. The molecule has 0 unspecified atom stereocenters. The summed E-state index contributed by atoms with van der Waals surface area (Å²) in [5.41, 5.74) is 1.95. The van der Waals surface area contributed by atoms with E-state index in [1.165, 1.54) is 0 Å². The number of rotatable bonds is 10. The van der Waals surface area contributed by atoms with Crippen molar-refractivity contribution in [1.29, 1.82) is 0 Å². The molecular weight excluding hydrogens is 378 g/mol. The number of amides is 3. The van der Waals surface area contributed by atoms with E-state index in [1.807, 2.05) is 24.3 Å². The minimum Gasteiger partial charge on any atom is -0.385 e. The van der Waals surface area contributed by atoms with E-state index in [-0.39, 0.29) is 12.5 Å². The van der Waals surface area contributed by atoms with Crippen LogP contribution in [0, 0.1) is 0 Å². The first kappa shape index (κ1) is 22.0. The number of ether oxygens (including phenoxy) is 1. The quantitative estimate of drug-likeness (QED) is 0.476. The predicted molar refractivity (Wildman–Crippen MR) is 112 cm³/mol. The van der Waals surface area contributed by atoms with Crippen molar-refractivity contribution in [1.82, 2.24) is 10.2 Å². The number of nitrogens with one attached hydrogen (secondary N) is 1. The minimum atomic E-state index is -0.435. The summed E-state index contributed by atoms with van der Waals surface area (Å²) in [5.74, 6) is -0.793. The third-order valence-corrected chi connectivity index (χ3v) is 5.25. The lowest BCUT2D eigenvalue weighted by atomic mass is 10.1. The van der Waals surface area contributed by atoms with Crippen molar-refractivity contribution in [3.63, 3.8) is 0 Å². The SMILES string of the molecule is CCN(CC)c1ccc(/C=C2\SC(=O)N(CC(=O)NCCCOC)C2=O)cc1. The Morgan fingerprint density at radius 3 is 2.50 bits per heavy atom. The minimum absolute atomic E-state index is 0.268. The maximum absolute atomic E-state index is 12.5. The summed E-state index contributed by atoms with van der Waals surface area (Å²) in [5, 5.41) is 2.25. The van der Waals surface area contributed by atoms with E-state index in [0.717, 1.165) is 41.0 Å². The Morgan fingerprint density at radius 1 is 1.21 bits per heavy atom. The molecule has 1 saturated heterocycles. The third-order valence-electron chi connectivity index (χ3n) is 4.34. The first-order valence-electron chi connectivity index (χ1n) is 9.36. The van der Waals surface area contributed by atoms with Crippen molar-refractivity contribution in [2.45, 2.75) is 20.3 Å². The fourth-order valence-corrected chi connectivity index (χ4v) is 3.64. The zero-order chi connectivity index (χ0) is 20.5. The van der Waals surface area contributed by atoms with Gasteiger partial charge in [-0.3, -0.25) is 19.3 Å². The molecule has 1 heterocycles. The van der Waals surface area contributed by atoms with Crippen LogP contribution in [0.4, 0.5) is 10.5 Å². The van der Waals surface area contributed by atoms with Gasteiger partial charge in [-0.15, -0.1) is 0 Å². The Labute approximate surface area is 170 Å². The van der Waals surface area contributed by atoms with Crippen LogP contribution in [0.25, 0.3) is 6.08 Å². The summed E-state index contributed by atoms with van der Waals surface area (Å²) >= 11 is 0.858. The first-order valence-corrected chi connectivity index (χ1v) is 10.2. The van der Waals surface area contributed by atoms with Gasteiger partial charge in [0.1, 0.15) is 6.54 Å². The second-order valence-corrected chi connectivity index (χ2v) is 7.22. The number of nitrogens with zero attached hydrogens (tertiary/aromatic N) is 2. The standard InChI is InChI=1S/C20H27N3O4S/c1-4-22(5-2)16-9-7-15(8-10-16)13-17-19(25)23(20(26)28-17)14-18(24)21-11-6-12-27-3/h7-10,13H,4-6,11-12,14H2,1-3H3,(H,21,24)/b17-13-. The summed E-state index contributed by atoms with van der Waals surface area (Å²) in [6, 6.07) is 7.83. The lowest BCUT2D eigenvalue weighted by Crippen LogP contribution is -2.39. The smallest absolute Gasteiger partial charge is 0.294 e. The van der Waals surface area contributed by atoms with Gasteiger partial charge >= 0.3 is 0 Å². The number of methoxy groups -OCH3 is 1. The molecule has 1 aliphatic rings. The molecular formula is C20H27N3O4S. The van der Waals surface area contributed by atoms with Crippen LogP contribution in [0.2, 0.25) is 0 Å². The summed E-state index contributed by atoms with van der Waals surface area (Å²) < 4.78 is 4.91. The van der Waals surface area contributed by atoms with Gasteiger partial charge in [0.05, 0.1) is 4.91 Å². The second kappa shape index (κ2) is 10.9. The van der Waals surface area contributed by atoms with Crippen LogP contribution < -0.4 is 10.2 Å². The molecule has 0 saturated carbocycles. The zero-order valence-corrected chi connectivity index (χ0v) is 17.4. The van der Waals surface area contributed by atoms with E-state index in [9.17, 15) is 14.4 Å². The molecule has 28 heavy (non-hydrogen) atoms. The predicted octanol–water partition coefficient (Wildman–Crippen LogP) is 2.72. The van der Waals surface area contributed by atoms with Crippen molar-refractivity contribution >= 4 is 40.6 Å². The largest absolute Gasteiger partial charge is 0.385 e. The van der Waals surface area contributed by atoms with Crippen LogP contribution in [0.5, 0.6) is 0 Å². The molecule has 0 atom stereocenters. The molecule has 1 N–H and O–H groups in total. The van der Waals surface area contributed by atoms with Gasteiger partial charge in [-0.05, 0) is 55.8 Å². The molecule has 0 radical (unpaired) electrons. The van der Waals surface area contributed by atoms with E-state index < -0.39 is 11.1 Å². The molecule has 7 nitrogen and oxygen atoms in total. The molecule has 8 heteroatoms. The molecule has 2 rings (SSSR count).